The van der Waals surface area contributed by atoms with Gasteiger partial charge in [0.1, 0.15) is 0 Å². The molecule has 0 spiro atoms. The molecule has 0 aromatic heterocycles. The van der Waals surface area contributed by atoms with E-state index in [-0.39, 0.29) is 0 Å². The molecule has 0 aromatic carbocycles. The second-order valence-corrected chi connectivity index (χ2v) is 6.21. The lowest BCUT2D eigenvalue weighted by Gasteiger charge is -2.19. The quantitative estimate of drug-likeness (QED) is 0.758. The SMILES string of the molecule is CC(CNC1CC1)SC1CCOC1C. The molecule has 0 bridgehead atoms. The van der Waals surface area contributed by atoms with E-state index in [4.69, 9.17) is 4.74 Å². The lowest BCUT2D eigenvalue weighted by Crippen LogP contribution is -2.27. The van der Waals surface area contributed by atoms with Crippen LogP contribution in [0.3, 0.4) is 0 Å². The van der Waals surface area contributed by atoms with E-state index in [0.717, 1.165) is 23.1 Å². The Balaban J connectivity index is 1.62. The zero-order valence-corrected chi connectivity index (χ0v) is 9.98. The summed E-state index contributed by atoms with van der Waals surface area (Å²) in [4.78, 5) is 0. The molecule has 3 unspecified atom stereocenters. The average Bonchev–Trinajstić information content (AvgIpc) is 2.90. The van der Waals surface area contributed by atoms with Gasteiger partial charge in [0.2, 0.25) is 0 Å². The summed E-state index contributed by atoms with van der Waals surface area (Å²) < 4.78 is 5.56. The van der Waals surface area contributed by atoms with Crippen LogP contribution < -0.4 is 5.32 Å². The Labute approximate surface area is 91.2 Å². The van der Waals surface area contributed by atoms with Crippen LogP contribution in [0.1, 0.15) is 33.1 Å². The van der Waals surface area contributed by atoms with Crippen molar-refractivity contribution in [2.24, 2.45) is 0 Å². The van der Waals surface area contributed by atoms with Gasteiger partial charge in [-0.15, -0.1) is 0 Å². The van der Waals surface area contributed by atoms with E-state index in [2.05, 4.69) is 30.9 Å². The molecule has 1 saturated heterocycles. The molecule has 0 amide bonds. The van der Waals surface area contributed by atoms with Crippen LogP contribution in [0.25, 0.3) is 0 Å². The first-order valence-electron chi connectivity index (χ1n) is 5.76. The van der Waals surface area contributed by atoms with E-state index in [1.54, 1.807) is 0 Å². The van der Waals surface area contributed by atoms with Crippen LogP contribution in [0.5, 0.6) is 0 Å². The maximum Gasteiger partial charge on any atom is 0.0666 e. The third-order valence-electron chi connectivity index (χ3n) is 2.99. The molecular formula is C11H21NOS. The Bertz CT molecular complexity index is 184. The Morgan fingerprint density at radius 3 is 2.79 bits per heavy atom. The van der Waals surface area contributed by atoms with Gasteiger partial charge in [-0.3, -0.25) is 0 Å². The van der Waals surface area contributed by atoms with Crippen molar-refractivity contribution >= 4 is 11.8 Å². The van der Waals surface area contributed by atoms with Crippen molar-refractivity contribution in [2.45, 2.75) is 55.8 Å². The van der Waals surface area contributed by atoms with Crippen molar-refractivity contribution in [2.75, 3.05) is 13.2 Å². The highest BCUT2D eigenvalue weighted by atomic mass is 32.2. The summed E-state index contributed by atoms with van der Waals surface area (Å²) in [5.74, 6) is 0. The van der Waals surface area contributed by atoms with E-state index in [9.17, 15) is 0 Å². The van der Waals surface area contributed by atoms with Crippen molar-refractivity contribution in [1.29, 1.82) is 0 Å². The van der Waals surface area contributed by atoms with E-state index in [0.29, 0.717) is 6.10 Å². The molecule has 2 rings (SSSR count). The molecule has 1 N–H and O–H groups in total. The molecule has 1 heterocycles. The largest absolute Gasteiger partial charge is 0.377 e. The lowest BCUT2D eigenvalue weighted by atomic mass is 10.3. The molecule has 3 heteroatoms. The van der Waals surface area contributed by atoms with E-state index in [1.807, 2.05) is 0 Å². The fourth-order valence-electron chi connectivity index (χ4n) is 1.86. The van der Waals surface area contributed by atoms with Crippen LogP contribution in [0.4, 0.5) is 0 Å². The Hall–Kier alpha value is 0.270. The molecule has 2 nitrogen and oxygen atoms in total. The maximum absolute atomic E-state index is 5.56. The predicted octanol–water partition coefficient (Wildman–Crippen LogP) is 2.04. The third-order valence-corrected chi connectivity index (χ3v) is 4.58. The maximum atomic E-state index is 5.56. The van der Waals surface area contributed by atoms with Crippen LogP contribution in [0.2, 0.25) is 0 Å². The van der Waals surface area contributed by atoms with Gasteiger partial charge in [-0.1, -0.05) is 6.92 Å². The lowest BCUT2D eigenvalue weighted by molar-refractivity contribution is 0.127. The first-order valence-corrected chi connectivity index (χ1v) is 6.70. The third kappa shape index (κ3) is 3.14. The Kier molecular flexibility index (Phi) is 3.74. The normalized spacial score (nSPS) is 34.7. The molecule has 1 aliphatic carbocycles. The molecule has 1 saturated carbocycles. The standard InChI is InChI=1S/C11H21NOS/c1-8(7-12-10-3-4-10)14-11-5-6-13-9(11)2/h8-12H,3-7H2,1-2H3. The van der Waals surface area contributed by atoms with Crippen molar-refractivity contribution < 1.29 is 4.74 Å². The van der Waals surface area contributed by atoms with Gasteiger partial charge in [0.05, 0.1) is 6.10 Å². The minimum Gasteiger partial charge on any atom is -0.377 e. The second-order valence-electron chi connectivity index (χ2n) is 4.53. The highest BCUT2D eigenvalue weighted by molar-refractivity contribution is 8.00. The first-order chi connectivity index (χ1) is 6.75. The fourth-order valence-corrected chi connectivity index (χ4v) is 3.18. The second kappa shape index (κ2) is 4.86. The highest BCUT2D eigenvalue weighted by Crippen LogP contribution is 2.29. The summed E-state index contributed by atoms with van der Waals surface area (Å²) in [6.07, 6.45) is 4.48. The van der Waals surface area contributed by atoms with Crippen molar-refractivity contribution in [3.8, 4) is 0 Å². The number of nitrogens with one attached hydrogen (secondary N) is 1. The minimum atomic E-state index is 0.461. The molecule has 0 aromatic rings. The molecule has 2 fully saturated rings. The van der Waals surface area contributed by atoms with Crippen LogP contribution in [0, 0.1) is 0 Å². The molecule has 82 valence electrons. The minimum absolute atomic E-state index is 0.461. The van der Waals surface area contributed by atoms with Gasteiger partial charge >= 0.3 is 0 Å². The predicted molar refractivity (Wildman–Crippen MR) is 61.9 cm³/mol. The highest BCUT2D eigenvalue weighted by Gasteiger charge is 2.27. The van der Waals surface area contributed by atoms with Gasteiger partial charge in [-0.25, -0.2) is 0 Å². The van der Waals surface area contributed by atoms with Crippen LogP contribution in [-0.2, 0) is 4.74 Å². The number of thioether (sulfide) groups is 1. The summed E-state index contributed by atoms with van der Waals surface area (Å²) in [5, 5.41) is 5.04. The first kappa shape index (κ1) is 10.8. The van der Waals surface area contributed by atoms with Crippen LogP contribution in [-0.4, -0.2) is 35.8 Å². The number of rotatable bonds is 5. The molecule has 2 aliphatic rings. The summed E-state index contributed by atoms with van der Waals surface area (Å²) in [6, 6.07) is 0.843. The topological polar surface area (TPSA) is 21.3 Å². The monoisotopic (exact) mass is 215 g/mol. The van der Waals surface area contributed by atoms with Crippen molar-refractivity contribution in [3.63, 3.8) is 0 Å². The summed E-state index contributed by atoms with van der Waals surface area (Å²) >= 11 is 2.10. The molecule has 1 aliphatic heterocycles. The van der Waals surface area contributed by atoms with E-state index in [1.165, 1.54) is 25.8 Å². The fraction of sp³-hybridized carbons (Fsp3) is 1.00. The average molecular weight is 215 g/mol. The Morgan fingerprint density at radius 2 is 2.21 bits per heavy atom. The van der Waals surface area contributed by atoms with Gasteiger partial charge in [-0.2, -0.15) is 11.8 Å². The summed E-state index contributed by atoms with van der Waals surface area (Å²) in [7, 11) is 0. The molecule has 0 radical (unpaired) electrons. The van der Waals surface area contributed by atoms with Gasteiger partial charge in [0, 0.05) is 29.7 Å². The van der Waals surface area contributed by atoms with Gasteiger partial charge in [-0.05, 0) is 26.2 Å². The van der Waals surface area contributed by atoms with Crippen molar-refractivity contribution in [1.82, 2.24) is 5.32 Å². The zero-order chi connectivity index (χ0) is 9.97. The molecule has 3 atom stereocenters. The smallest absolute Gasteiger partial charge is 0.0666 e. The van der Waals surface area contributed by atoms with Gasteiger partial charge in [0.25, 0.3) is 0 Å². The number of hydrogen-bond acceptors (Lipinski definition) is 3. The Morgan fingerprint density at radius 1 is 1.43 bits per heavy atom. The van der Waals surface area contributed by atoms with Gasteiger partial charge in [0.15, 0.2) is 0 Å². The van der Waals surface area contributed by atoms with Crippen molar-refractivity contribution in [3.05, 3.63) is 0 Å². The zero-order valence-electron chi connectivity index (χ0n) is 9.16. The summed E-state index contributed by atoms with van der Waals surface area (Å²) in [6.45, 7) is 6.65. The van der Waals surface area contributed by atoms with Crippen LogP contribution in [0.15, 0.2) is 0 Å². The van der Waals surface area contributed by atoms with Gasteiger partial charge < -0.3 is 10.1 Å². The van der Waals surface area contributed by atoms with E-state index < -0.39 is 0 Å². The number of hydrogen-bond donors (Lipinski definition) is 1. The molecular weight excluding hydrogens is 194 g/mol. The molecule has 14 heavy (non-hydrogen) atoms. The van der Waals surface area contributed by atoms with E-state index >= 15 is 0 Å². The van der Waals surface area contributed by atoms with Crippen LogP contribution >= 0.6 is 11.8 Å². The summed E-state index contributed by atoms with van der Waals surface area (Å²) in [5.41, 5.74) is 0. The number of ether oxygens (including phenoxy) is 1.